The van der Waals surface area contributed by atoms with Crippen LogP contribution in [-0.4, -0.2) is 75.2 Å². The van der Waals surface area contributed by atoms with Crippen molar-refractivity contribution in [3.05, 3.63) is 22.4 Å². The van der Waals surface area contributed by atoms with Crippen LogP contribution in [0.4, 0.5) is 0 Å². The summed E-state index contributed by atoms with van der Waals surface area (Å²) >= 11 is 1.76. The number of guanidine groups is 1. The van der Waals surface area contributed by atoms with Crippen molar-refractivity contribution < 1.29 is 0 Å². The Morgan fingerprint density at radius 1 is 1.19 bits per heavy atom. The van der Waals surface area contributed by atoms with E-state index in [1.165, 1.54) is 57.7 Å². The molecule has 1 atom stereocenters. The molecule has 150 valence electrons. The second kappa shape index (κ2) is 13.7. The highest BCUT2D eigenvalue weighted by Crippen LogP contribution is 2.16. The predicted octanol–water partition coefficient (Wildman–Crippen LogP) is 3.05. The summed E-state index contributed by atoms with van der Waals surface area (Å²) in [5.74, 6) is 1.42. The van der Waals surface area contributed by atoms with E-state index in [1.807, 2.05) is 7.05 Å². The number of likely N-dealkylation sites (N-methyl/N-ethyl adjacent to an activating group) is 1. The Labute approximate surface area is 180 Å². The third-order valence-electron chi connectivity index (χ3n) is 5.02. The first-order chi connectivity index (χ1) is 12.2. The highest BCUT2D eigenvalue weighted by Gasteiger charge is 2.14. The fraction of sp³-hybridized carbons (Fsp3) is 0.737. The number of nitrogens with zero attached hydrogens (tertiary/aromatic N) is 3. The minimum atomic E-state index is 0. The Bertz CT molecular complexity index is 486. The van der Waals surface area contributed by atoms with Crippen molar-refractivity contribution in [3.8, 4) is 0 Å². The van der Waals surface area contributed by atoms with Gasteiger partial charge in [0, 0.05) is 46.3 Å². The number of unbranched alkanes of at least 4 members (excludes halogenated alkanes) is 1. The minimum Gasteiger partial charge on any atom is -0.356 e. The Hall–Kier alpha value is -0.380. The van der Waals surface area contributed by atoms with E-state index in [1.54, 1.807) is 11.3 Å². The molecule has 1 aliphatic rings. The Kier molecular flexibility index (Phi) is 12.5. The molecule has 0 spiro atoms. The van der Waals surface area contributed by atoms with E-state index in [2.05, 4.69) is 56.1 Å². The number of rotatable bonds is 9. The third kappa shape index (κ3) is 8.54. The van der Waals surface area contributed by atoms with Crippen LogP contribution in [-0.2, 0) is 0 Å². The lowest BCUT2D eigenvalue weighted by atomic mass is 10.1. The summed E-state index contributed by atoms with van der Waals surface area (Å²) in [6.45, 7) is 13.7. The van der Waals surface area contributed by atoms with Gasteiger partial charge in [-0.3, -0.25) is 4.99 Å². The first kappa shape index (κ1) is 23.7. The van der Waals surface area contributed by atoms with E-state index >= 15 is 0 Å². The van der Waals surface area contributed by atoms with Gasteiger partial charge in [0.05, 0.1) is 0 Å². The zero-order valence-corrected chi connectivity index (χ0v) is 19.7. The molecule has 0 aromatic carbocycles. The summed E-state index contributed by atoms with van der Waals surface area (Å²) in [7, 11) is 1.85. The van der Waals surface area contributed by atoms with Gasteiger partial charge < -0.3 is 20.4 Å². The normalized spacial score (nSPS) is 17.6. The summed E-state index contributed by atoms with van der Waals surface area (Å²) < 4.78 is 0. The highest BCUT2D eigenvalue weighted by molar-refractivity contribution is 14.0. The van der Waals surface area contributed by atoms with Crippen molar-refractivity contribution in [2.75, 3.05) is 59.4 Å². The number of nitrogens with one attached hydrogen (secondary N) is 2. The summed E-state index contributed by atoms with van der Waals surface area (Å²) in [6.07, 6.45) is 2.44. The third-order valence-corrected chi connectivity index (χ3v) is 5.72. The standard InChI is InChI=1S/C19H35N5S.HI/c1-4-23-10-12-24(13-11-23)9-6-5-8-21-19(20-3)22-15-17(2)18-7-14-25-16-18;/h7,14,16-17H,4-6,8-13,15H2,1-3H3,(H2,20,21,22);1H. The number of hydrogen-bond acceptors (Lipinski definition) is 4. The molecule has 1 unspecified atom stereocenters. The lowest BCUT2D eigenvalue weighted by Crippen LogP contribution is -2.46. The second-order valence-electron chi connectivity index (χ2n) is 6.82. The van der Waals surface area contributed by atoms with Crippen LogP contribution in [0, 0.1) is 0 Å². The summed E-state index contributed by atoms with van der Waals surface area (Å²) in [5, 5.41) is 11.2. The molecule has 0 amide bonds. The van der Waals surface area contributed by atoms with Crippen LogP contribution in [0.15, 0.2) is 21.8 Å². The Morgan fingerprint density at radius 2 is 1.92 bits per heavy atom. The molecule has 0 saturated carbocycles. The average Bonchev–Trinajstić information content (AvgIpc) is 3.19. The van der Waals surface area contributed by atoms with E-state index in [-0.39, 0.29) is 24.0 Å². The molecular formula is C19H36IN5S. The van der Waals surface area contributed by atoms with Crippen LogP contribution in [0.25, 0.3) is 0 Å². The maximum absolute atomic E-state index is 4.33. The zero-order valence-electron chi connectivity index (χ0n) is 16.5. The lowest BCUT2D eigenvalue weighted by molar-refractivity contribution is 0.136. The molecule has 1 fully saturated rings. The Balaban J connectivity index is 0.00000338. The molecule has 1 aromatic heterocycles. The van der Waals surface area contributed by atoms with Crippen LogP contribution in [0.5, 0.6) is 0 Å². The molecule has 2 rings (SSSR count). The van der Waals surface area contributed by atoms with Gasteiger partial charge in [0.1, 0.15) is 0 Å². The van der Waals surface area contributed by atoms with Crippen molar-refractivity contribution in [2.45, 2.75) is 32.6 Å². The molecule has 0 aliphatic carbocycles. The molecule has 1 aliphatic heterocycles. The van der Waals surface area contributed by atoms with E-state index < -0.39 is 0 Å². The molecule has 0 radical (unpaired) electrons. The van der Waals surface area contributed by atoms with Crippen LogP contribution >= 0.6 is 35.3 Å². The second-order valence-corrected chi connectivity index (χ2v) is 7.60. The van der Waals surface area contributed by atoms with E-state index in [9.17, 15) is 0 Å². The topological polar surface area (TPSA) is 42.9 Å². The lowest BCUT2D eigenvalue weighted by Gasteiger charge is -2.34. The van der Waals surface area contributed by atoms with E-state index in [0.29, 0.717) is 5.92 Å². The van der Waals surface area contributed by atoms with Crippen molar-refractivity contribution in [1.29, 1.82) is 0 Å². The first-order valence-electron chi connectivity index (χ1n) is 9.64. The highest BCUT2D eigenvalue weighted by atomic mass is 127. The number of hydrogen-bond donors (Lipinski definition) is 2. The van der Waals surface area contributed by atoms with Gasteiger partial charge in [-0.05, 0) is 54.2 Å². The fourth-order valence-electron chi connectivity index (χ4n) is 3.14. The van der Waals surface area contributed by atoms with Gasteiger partial charge in [-0.15, -0.1) is 24.0 Å². The number of piperazine rings is 1. The fourth-order valence-corrected chi connectivity index (χ4v) is 3.92. The summed E-state index contributed by atoms with van der Waals surface area (Å²) in [4.78, 5) is 9.46. The van der Waals surface area contributed by atoms with Gasteiger partial charge in [0.25, 0.3) is 0 Å². The van der Waals surface area contributed by atoms with Crippen LogP contribution in [0.3, 0.4) is 0 Å². The maximum atomic E-state index is 4.33. The van der Waals surface area contributed by atoms with E-state index in [0.717, 1.165) is 19.0 Å². The SMILES string of the molecule is CCN1CCN(CCCCNC(=NC)NCC(C)c2ccsc2)CC1.I. The summed E-state index contributed by atoms with van der Waals surface area (Å²) in [6, 6.07) is 2.20. The monoisotopic (exact) mass is 493 g/mol. The van der Waals surface area contributed by atoms with Crippen LogP contribution in [0.2, 0.25) is 0 Å². The minimum absolute atomic E-state index is 0. The van der Waals surface area contributed by atoms with Gasteiger partial charge >= 0.3 is 0 Å². The molecule has 1 aromatic rings. The van der Waals surface area contributed by atoms with Crippen molar-refractivity contribution in [2.24, 2.45) is 4.99 Å². The van der Waals surface area contributed by atoms with Crippen LogP contribution < -0.4 is 10.6 Å². The van der Waals surface area contributed by atoms with E-state index in [4.69, 9.17) is 0 Å². The quantitative estimate of drug-likeness (QED) is 0.240. The van der Waals surface area contributed by atoms with Crippen molar-refractivity contribution in [3.63, 3.8) is 0 Å². The number of halogens is 1. The molecule has 2 N–H and O–H groups in total. The predicted molar refractivity (Wildman–Crippen MR) is 125 cm³/mol. The molecule has 0 bridgehead atoms. The summed E-state index contributed by atoms with van der Waals surface area (Å²) in [5.41, 5.74) is 1.40. The maximum Gasteiger partial charge on any atom is 0.190 e. The van der Waals surface area contributed by atoms with Crippen molar-refractivity contribution in [1.82, 2.24) is 20.4 Å². The number of aliphatic imine (C=N–C) groups is 1. The van der Waals surface area contributed by atoms with Crippen molar-refractivity contribution >= 4 is 41.3 Å². The zero-order chi connectivity index (χ0) is 17.9. The molecule has 26 heavy (non-hydrogen) atoms. The first-order valence-corrected chi connectivity index (χ1v) is 10.6. The van der Waals surface area contributed by atoms with Gasteiger partial charge in [-0.1, -0.05) is 13.8 Å². The average molecular weight is 494 g/mol. The molecular weight excluding hydrogens is 457 g/mol. The number of thiophene rings is 1. The molecule has 1 saturated heterocycles. The van der Waals surface area contributed by atoms with Gasteiger partial charge in [-0.2, -0.15) is 11.3 Å². The van der Waals surface area contributed by atoms with Crippen LogP contribution in [0.1, 0.15) is 38.2 Å². The largest absolute Gasteiger partial charge is 0.356 e. The Morgan fingerprint density at radius 3 is 2.54 bits per heavy atom. The van der Waals surface area contributed by atoms with Gasteiger partial charge in [-0.25, -0.2) is 0 Å². The van der Waals surface area contributed by atoms with Gasteiger partial charge in [0.2, 0.25) is 0 Å². The molecule has 2 heterocycles. The van der Waals surface area contributed by atoms with Gasteiger partial charge in [0.15, 0.2) is 5.96 Å². The smallest absolute Gasteiger partial charge is 0.190 e. The molecule has 5 nitrogen and oxygen atoms in total. The molecule has 7 heteroatoms.